The van der Waals surface area contributed by atoms with Gasteiger partial charge in [-0.05, 0) is 42.5 Å². The lowest BCUT2D eigenvalue weighted by Crippen LogP contribution is -2.04. The Balaban J connectivity index is 0.00000127. The summed E-state index contributed by atoms with van der Waals surface area (Å²) in [6.07, 6.45) is 0. The summed E-state index contributed by atoms with van der Waals surface area (Å²) in [5.41, 5.74) is 0.758. The van der Waals surface area contributed by atoms with Crippen molar-refractivity contribution in [1.82, 2.24) is 0 Å². The first-order valence-corrected chi connectivity index (χ1v) is 8.45. The average molecular weight is 383 g/mol. The van der Waals surface area contributed by atoms with Crippen LogP contribution in [0.3, 0.4) is 0 Å². The van der Waals surface area contributed by atoms with E-state index in [1.165, 1.54) is 12.1 Å². The number of hydrogen-bond acceptors (Lipinski definition) is 3. The molecule has 0 radical (unpaired) electrons. The lowest BCUT2D eigenvalue weighted by molar-refractivity contribution is 0.103. The summed E-state index contributed by atoms with van der Waals surface area (Å²) < 4.78 is 24.1. The lowest BCUT2D eigenvalue weighted by atomic mass is 10.0. The molecule has 0 fully saturated rings. The van der Waals surface area contributed by atoms with Crippen LogP contribution in [0.2, 0.25) is 0 Å². The van der Waals surface area contributed by atoms with Crippen molar-refractivity contribution in [3.05, 3.63) is 59.4 Å². The number of hydrogen-bond donors (Lipinski definition) is 0. The highest BCUT2D eigenvalue weighted by molar-refractivity contribution is 9.09. The quantitative estimate of drug-likeness (QED) is 0.528. The molecule has 0 unspecified atom stereocenters. The molecule has 0 spiro atoms. The van der Waals surface area contributed by atoms with Crippen LogP contribution in [0.5, 0.6) is 11.5 Å². The van der Waals surface area contributed by atoms with E-state index in [-0.39, 0.29) is 17.1 Å². The zero-order valence-corrected chi connectivity index (χ0v) is 15.0. The van der Waals surface area contributed by atoms with Crippen molar-refractivity contribution in [3.63, 3.8) is 0 Å². The maximum Gasteiger partial charge on any atom is 0.193 e. The molecular formula is C18H20BrFO3. The summed E-state index contributed by atoms with van der Waals surface area (Å²) in [5.74, 6) is 0.0101. The monoisotopic (exact) mass is 382 g/mol. The molecule has 0 heterocycles. The highest BCUT2D eigenvalue weighted by atomic mass is 79.9. The average Bonchev–Trinajstić information content (AvgIpc) is 2.62. The fourth-order valence-electron chi connectivity index (χ4n) is 1.82. The number of carbonyl (C=O) groups excluding carboxylic acids is 1. The van der Waals surface area contributed by atoms with Crippen LogP contribution >= 0.6 is 15.9 Å². The van der Waals surface area contributed by atoms with Crippen molar-refractivity contribution in [2.75, 3.05) is 19.0 Å². The minimum absolute atomic E-state index is 0.140. The maximum absolute atomic E-state index is 13.9. The van der Waals surface area contributed by atoms with E-state index in [0.717, 1.165) is 0 Å². The summed E-state index contributed by atoms with van der Waals surface area (Å²) >= 11 is 3.20. The molecule has 124 valence electrons. The first-order chi connectivity index (χ1) is 11.2. The van der Waals surface area contributed by atoms with Gasteiger partial charge in [0.05, 0.1) is 13.7 Å². The molecule has 2 aromatic rings. The molecule has 0 amide bonds. The van der Waals surface area contributed by atoms with Gasteiger partial charge < -0.3 is 9.47 Å². The van der Waals surface area contributed by atoms with Crippen molar-refractivity contribution in [2.45, 2.75) is 13.8 Å². The third-order valence-electron chi connectivity index (χ3n) is 2.88. The smallest absolute Gasteiger partial charge is 0.193 e. The predicted molar refractivity (Wildman–Crippen MR) is 93.5 cm³/mol. The highest BCUT2D eigenvalue weighted by Gasteiger charge is 2.12. The molecule has 0 bridgehead atoms. The van der Waals surface area contributed by atoms with Crippen molar-refractivity contribution < 1.29 is 18.7 Å². The maximum atomic E-state index is 13.9. The number of alkyl halides is 1. The van der Waals surface area contributed by atoms with Gasteiger partial charge in [0, 0.05) is 16.5 Å². The summed E-state index contributed by atoms with van der Waals surface area (Å²) in [4.78, 5) is 12.3. The van der Waals surface area contributed by atoms with Crippen LogP contribution in [0.1, 0.15) is 29.8 Å². The Labute approximate surface area is 144 Å². The number of benzene rings is 2. The van der Waals surface area contributed by atoms with E-state index >= 15 is 0 Å². The number of carbonyl (C=O) groups is 1. The molecule has 2 rings (SSSR count). The van der Waals surface area contributed by atoms with Crippen molar-refractivity contribution in [2.24, 2.45) is 0 Å². The molecule has 23 heavy (non-hydrogen) atoms. The molecule has 0 aliphatic carbocycles. The van der Waals surface area contributed by atoms with Gasteiger partial charge in [0.1, 0.15) is 5.75 Å². The standard InChI is InChI=1S/C16H14BrFO3.C2H6/c1-20-13-5-2-11(3-6-13)16(19)12-4-7-15(14(18)10-12)21-9-8-17;1-2/h2-7,10H,8-9H2,1H3;1-2H3. The zero-order chi connectivity index (χ0) is 17.2. The van der Waals surface area contributed by atoms with Crippen LogP contribution in [-0.2, 0) is 0 Å². The van der Waals surface area contributed by atoms with E-state index < -0.39 is 5.82 Å². The Bertz CT molecular complexity index is 627. The van der Waals surface area contributed by atoms with Crippen LogP contribution in [-0.4, -0.2) is 24.8 Å². The Hall–Kier alpha value is -1.88. The van der Waals surface area contributed by atoms with E-state index in [1.807, 2.05) is 13.8 Å². The lowest BCUT2D eigenvalue weighted by Gasteiger charge is -2.07. The minimum atomic E-state index is -0.546. The zero-order valence-electron chi connectivity index (χ0n) is 13.4. The first-order valence-electron chi connectivity index (χ1n) is 7.32. The number of methoxy groups -OCH3 is 1. The van der Waals surface area contributed by atoms with Crippen LogP contribution < -0.4 is 9.47 Å². The largest absolute Gasteiger partial charge is 0.497 e. The Kier molecular flexibility index (Phi) is 8.33. The third-order valence-corrected chi connectivity index (χ3v) is 3.20. The molecule has 0 N–H and O–H groups in total. The van der Waals surface area contributed by atoms with Crippen LogP contribution in [0.4, 0.5) is 4.39 Å². The molecule has 0 aliphatic rings. The first kappa shape index (κ1) is 19.2. The van der Waals surface area contributed by atoms with E-state index in [4.69, 9.17) is 9.47 Å². The van der Waals surface area contributed by atoms with Gasteiger partial charge in [-0.2, -0.15) is 0 Å². The number of rotatable bonds is 6. The Morgan fingerprint density at radius 3 is 2.22 bits per heavy atom. The molecule has 0 saturated heterocycles. The normalized spacial score (nSPS) is 9.61. The molecular weight excluding hydrogens is 363 g/mol. The summed E-state index contributed by atoms with van der Waals surface area (Å²) in [6, 6.07) is 10.9. The van der Waals surface area contributed by atoms with E-state index in [0.29, 0.717) is 23.2 Å². The van der Waals surface area contributed by atoms with E-state index in [1.54, 1.807) is 37.4 Å². The molecule has 3 nitrogen and oxygen atoms in total. The second-order valence-electron chi connectivity index (χ2n) is 4.24. The van der Waals surface area contributed by atoms with Gasteiger partial charge in [0.15, 0.2) is 17.3 Å². The summed E-state index contributed by atoms with van der Waals surface area (Å²) in [5, 5.41) is 0.610. The van der Waals surface area contributed by atoms with Crippen LogP contribution in [0.15, 0.2) is 42.5 Å². The van der Waals surface area contributed by atoms with E-state index in [9.17, 15) is 9.18 Å². The summed E-state index contributed by atoms with van der Waals surface area (Å²) in [6.45, 7) is 4.36. The van der Waals surface area contributed by atoms with Crippen molar-refractivity contribution in [3.8, 4) is 11.5 Å². The van der Waals surface area contributed by atoms with Crippen LogP contribution in [0, 0.1) is 5.82 Å². The van der Waals surface area contributed by atoms with Crippen LogP contribution in [0.25, 0.3) is 0 Å². The van der Waals surface area contributed by atoms with Gasteiger partial charge in [-0.25, -0.2) is 4.39 Å². The van der Waals surface area contributed by atoms with Crippen molar-refractivity contribution >= 4 is 21.7 Å². The Morgan fingerprint density at radius 2 is 1.70 bits per heavy atom. The van der Waals surface area contributed by atoms with Gasteiger partial charge in [0.2, 0.25) is 0 Å². The minimum Gasteiger partial charge on any atom is -0.497 e. The topological polar surface area (TPSA) is 35.5 Å². The molecule has 0 aliphatic heterocycles. The van der Waals surface area contributed by atoms with Gasteiger partial charge in [-0.1, -0.05) is 29.8 Å². The predicted octanol–water partition coefficient (Wildman–Crippen LogP) is 4.87. The summed E-state index contributed by atoms with van der Waals surface area (Å²) in [7, 11) is 1.55. The number of ketones is 1. The SMILES string of the molecule is CC.COc1ccc(C(=O)c2ccc(OCCBr)c(F)c2)cc1. The van der Waals surface area contributed by atoms with E-state index in [2.05, 4.69) is 15.9 Å². The van der Waals surface area contributed by atoms with Gasteiger partial charge in [0.25, 0.3) is 0 Å². The second-order valence-corrected chi connectivity index (χ2v) is 5.03. The molecule has 5 heteroatoms. The molecule has 0 aromatic heterocycles. The number of halogens is 2. The highest BCUT2D eigenvalue weighted by Crippen LogP contribution is 2.21. The van der Waals surface area contributed by atoms with Gasteiger partial charge in [-0.3, -0.25) is 4.79 Å². The van der Waals surface area contributed by atoms with Gasteiger partial charge in [-0.15, -0.1) is 0 Å². The molecule has 0 atom stereocenters. The molecule has 2 aromatic carbocycles. The number of ether oxygens (including phenoxy) is 2. The molecule has 0 saturated carbocycles. The van der Waals surface area contributed by atoms with Gasteiger partial charge >= 0.3 is 0 Å². The Morgan fingerprint density at radius 1 is 1.09 bits per heavy atom. The second kappa shape index (κ2) is 10.0. The third kappa shape index (κ3) is 5.36. The van der Waals surface area contributed by atoms with Crippen molar-refractivity contribution in [1.29, 1.82) is 0 Å². The fourth-order valence-corrected chi connectivity index (χ4v) is 1.98. The fraction of sp³-hybridized carbons (Fsp3) is 0.278.